The number of amides is 1. The Bertz CT molecular complexity index is 752. The van der Waals surface area contributed by atoms with Crippen molar-refractivity contribution in [2.24, 2.45) is 0 Å². The van der Waals surface area contributed by atoms with Crippen molar-refractivity contribution in [3.63, 3.8) is 0 Å². The molecule has 0 spiro atoms. The third-order valence-electron chi connectivity index (χ3n) is 4.31. The lowest BCUT2D eigenvalue weighted by atomic mass is 10.3. The Morgan fingerprint density at radius 2 is 1.96 bits per heavy atom. The second-order valence-electron chi connectivity index (χ2n) is 6.47. The molecule has 2 aliphatic carbocycles. The van der Waals surface area contributed by atoms with E-state index in [2.05, 4.69) is 20.1 Å². The van der Waals surface area contributed by atoms with Gasteiger partial charge in [0.1, 0.15) is 11.6 Å². The number of benzene rings is 1. The minimum absolute atomic E-state index is 0.120. The van der Waals surface area contributed by atoms with Crippen LogP contribution in [-0.4, -0.2) is 25.9 Å². The molecule has 0 saturated heterocycles. The number of rotatable bonds is 6. The SMILES string of the molecule is C[C@@H](Sc1nnc(C2CC2)n1C1CC1)C(=O)Nc1ccc(F)cc1. The maximum absolute atomic E-state index is 12.9. The van der Waals surface area contributed by atoms with E-state index in [1.165, 1.54) is 49.6 Å². The van der Waals surface area contributed by atoms with Gasteiger partial charge in [-0.1, -0.05) is 11.8 Å². The minimum atomic E-state index is -0.319. The molecule has 1 atom stereocenters. The monoisotopic (exact) mass is 346 g/mol. The van der Waals surface area contributed by atoms with E-state index in [4.69, 9.17) is 0 Å². The van der Waals surface area contributed by atoms with E-state index in [-0.39, 0.29) is 17.0 Å². The van der Waals surface area contributed by atoms with Crippen molar-refractivity contribution in [2.45, 2.75) is 55.0 Å². The summed E-state index contributed by atoms with van der Waals surface area (Å²) >= 11 is 1.44. The Kier molecular flexibility index (Phi) is 4.04. The summed E-state index contributed by atoms with van der Waals surface area (Å²) in [5.41, 5.74) is 0.594. The van der Waals surface area contributed by atoms with Crippen molar-refractivity contribution < 1.29 is 9.18 Å². The van der Waals surface area contributed by atoms with E-state index in [1.54, 1.807) is 12.1 Å². The van der Waals surface area contributed by atoms with Crippen LogP contribution in [0.1, 0.15) is 50.4 Å². The maximum atomic E-state index is 12.9. The first kappa shape index (κ1) is 15.6. The van der Waals surface area contributed by atoms with E-state index in [1.807, 2.05) is 6.92 Å². The molecule has 5 nitrogen and oxygen atoms in total. The van der Waals surface area contributed by atoms with Gasteiger partial charge in [0.15, 0.2) is 5.16 Å². The molecule has 0 unspecified atom stereocenters. The van der Waals surface area contributed by atoms with Crippen LogP contribution in [0.5, 0.6) is 0 Å². The summed E-state index contributed by atoms with van der Waals surface area (Å²) in [5.74, 6) is 1.20. The fourth-order valence-electron chi connectivity index (χ4n) is 2.65. The van der Waals surface area contributed by atoms with Crippen LogP contribution in [0.4, 0.5) is 10.1 Å². The molecule has 2 aromatic rings. The molecule has 7 heteroatoms. The van der Waals surface area contributed by atoms with Crippen LogP contribution in [0.3, 0.4) is 0 Å². The molecule has 0 aliphatic heterocycles. The Labute approximate surface area is 144 Å². The largest absolute Gasteiger partial charge is 0.325 e. The molecule has 2 saturated carbocycles. The number of thioether (sulfide) groups is 1. The molecule has 1 N–H and O–H groups in total. The molecule has 4 rings (SSSR count). The fourth-order valence-corrected chi connectivity index (χ4v) is 3.58. The molecule has 2 fully saturated rings. The normalized spacial score (nSPS) is 18.4. The second-order valence-corrected chi connectivity index (χ2v) is 7.78. The average molecular weight is 346 g/mol. The Morgan fingerprint density at radius 1 is 1.25 bits per heavy atom. The first-order valence-electron chi connectivity index (χ1n) is 8.29. The van der Waals surface area contributed by atoms with Crippen molar-refractivity contribution >= 4 is 23.4 Å². The molecule has 1 aromatic carbocycles. The molecule has 2 aliphatic rings. The number of carbonyl (C=O) groups is 1. The molecule has 0 radical (unpaired) electrons. The van der Waals surface area contributed by atoms with E-state index < -0.39 is 0 Å². The van der Waals surface area contributed by atoms with E-state index in [0.29, 0.717) is 17.6 Å². The van der Waals surface area contributed by atoms with Gasteiger partial charge < -0.3 is 9.88 Å². The molecule has 126 valence electrons. The molecular formula is C17H19FN4OS. The van der Waals surface area contributed by atoms with Crippen LogP contribution in [0.25, 0.3) is 0 Å². The number of aromatic nitrogens is 3. The van der Waals surface area contributed by atoms with Gasteiger partial charge in [-0.05, 0) is 56.9 Å². The minimum Gasteiger partial charge on any atom is -0.325 e. The zero-order valence-electron chi connectivity index (χ0n) is 13.4. The number of carbonyl (C=O) groups excluding carboxylic acids is 1. The van der Waals surface area contributed by atoms with Gasteiger partial charge in [0.05, 0.1) is 5.25 Å². The van der Waals surface area contributed by atoms with E-state index >= 15 is 0 Å². The lowest BCUT2D eigenvalue weighted by Gasteiger charge is -2.13. The summed E-state index contributed by atoms with van der Waals surface area (Å²) in [6.45, 7) is 1.85. The van der Waals surface area contributed by atoms with Crippen molar-refractivity contribution in [1.29, 1.82) is 0 Å². The third-order valence-corrected chi connectivity index (χ3v) is 5.37. The van der Waals surface area contributed by atoms with Crippen molar-refractivity contribution in [3.8, 4) is 0 Å². The van der Waals surface area contributed by atoms with Crippen LogP contribution in [0.2, 0.25) is 0 Å². The number of nitrogens with zero attached hydrogens (tertiary/aromatic N) is 3. The summed E-state index contributed by atoms with van der Waals surface area (Å²) in [7, 11) is 0. The van der Waals surface area contributed by atoms with Crippen LogP contribution in [0, 0.1) is 5.82 Å². The highest BCUT2D eigenvalue weighted by Gasteiger charge is 2.37. The number of nitrogens with one attached hydrogen (secondary N) is 1. The smallest absolute Gasteiger partial charge is 0.237 e. The second kappa shape index (κ2) is 6.20. The van der Waals surface area contributed by atoms with Crippen LogP contribution in [0.15, 0.2) is 29.4 Å². The van der Waals surface area contributed by atoms with Gasteiger partial charge in [0, 0.05) is 17.6 Å². The molecule has 1 heterocycles. The lowest BCUT2D eigenvalue weighted by molar-refractivity contribution is -0.115. The molecule has 1 aromatic heterocycles. The molecular weight excluding hydrogens is 327 g/mol. The first-order valence-corrected chi connectivity index (χ1v) is 9.17. The summed E-state index contributed by atoms with van der Waals surface area (Å²) in [6, 6.07) is 6.29. The molecule has 24 heavy (non-hydrogen) atoms. The predicted octanol–water partition coefficient (Wildman–Crippen LogP) is 3.75. The lowest BCUT2D eigenvalue weighted by Crippen LogP contribution is -2.23. The van der Waals surface area contributed by atoms with Crippen molar-refractivity contribution in [1.82, 2.24) is 14.8 Å². The van der Waals surface area contributed by atoms with Crippen molar-refractivity contribution in [3.05, 3.63) is 35.9 Å². The summed E-state index contributed by atoms with van der Waals surface area (Å²) in [5, 5.41) is 12.0. The Morgan fingerprint density at radius 3 is 2.58 bits per heavy atom. The average Bonchev–Trinajstić information content (AvgIpc) is 3.49. The predicted molar refractivity (Wildman–Crippen MR) is 90.6 cm³/mol. The van der Waals surface area contributed by atoms with Gasteiger partial charge in [-0.3, -0.25) is 4.79 Å². The van der Waals surface area contributed by atoms with Gasteiger partial charge in [-0.15, -0.1) is 10.2 Å². The van der Waals surface area contributed by atoms with Gasteiger partial charge in [0.25, 0.3) is 0 Å². The van der Waals surface area contributed by atoms with Crippen LogP contribution in [-0.2, 0) is 4.79 Å². The number of hydrogen-bond acceptors (Lipinski definition) is 4. The molecule has 1 amide bonds. The zero-order valence-corrected chi connectivity index (χ0v) is 14.2. The van der Waals surface area contributed by atoms with Gasteiger partial charge in [-0.2, -0.15) is 0 Å². The summed E-state index contributed by atoms with van der Waals surface area (Å²) < 4.78 is 15.2. The van der Waals surface area contributed by atoms with Crippen LogP contribution < -0.4 is 5.32 Å². The topological polar surface area (TPSA) is 59.8 Å². The van der Waals surface area contributed by atoms with Gasteiger partial charge >= 0.3 is 0 Å². The highest BCUT2D eigenvalue weighted by molar-refractivity contribution is 8.00. The Balaban J connectivity index is 1.44. The first-order chi connectivity index (χ1) is 11.6. The zero-order chi connectivity index (χ0) is 16.7. The van der Waals surface area contributed by atoms with Gasteiger partial charge in [-0.25, -0.2) is 4.39 Å². The van der Waals surface area contributed by atoms with Crippen LogP contribution >= 0.6 is 11.8 Å². The standard InChI is InChI=1S/C17H19FN4OS/c1-10(16(23)19-13-6-4-12(18)5-7-13)24-17-21-20-15(11-2-3-11)22(17)14-8-9-14/h4-7,10-11,14H,2-3,8-9H2,1H3,(H,19,23)/t10-/m1/s1. The fraction of sp³-hybridized carbons (Fsp3) is 0.471. The number of hydrogen-bond donors (Lipinski definition) is 1. The quantitative estimate of drug-likeness (QED) is 0.809. The number of halogens is 1. The van der Waals surface area contributed by atoms with E-state index in [9.17, 15) is 9.18 Å². The summed E-state index contributed by atoms with van der Waals surface area (Å²) in [6.07, 6.45) is 4.72. The number of anilines is 1. The summed E-state index contributed by atoms with van der Waals surface area (Å²) in [4.78, 5) is 12.4. The van der Waals surface area contributed by atoms with E-state index in [0.717, 1.165) is 11.0 Å². The third kappa shape index (κ3) is 3.31. The Hall–Kier alpha value is -1.89. The maximum Gasteiger partial charge on any atom is 0.237 e. The van der Waals surface area contributed by atoms with Crippen molar-refractivity contribution in [2.75, 3.05) is 5.32 Å². The molecule has 0 bridgehead atoms. The highest BCUT2D eigenvalue weighted by Crippen LogP contribution is 2.46. The highest BCUT2D eigenvalue weighted by atomic mass is 32.2. The van der Waals surface area contributed by atoms with Gasteiger partial charge in [0.2, 0.25) is 5.91 Å².